The van der Waals surface area contributed by atoms with Gasteiger partial charge >= 0.3 is 0 Å². The van der Waals surface area contributed by atoms with Crippen molar-refractivity contribution in [2.24, 2.45) is 0 Å². The number of nitrogens with one attached hydrogen (secondary N) is 1. The van der Waals surface area contributed by atoms with Crippen molar-refractivity contribution in [3.05, 3.63) is 23.8 Å². The van der Waals surface area contributed by atoms with E-state index in [1.807, 2.05) is 25.3 Å². The highest BCUT2D eigenvalue weighted by atomic mass is 16.1. The van der Waals surface area contributed by atoms with E-state index in [4.69, 9.17) is 0 Å². The zero-order valence-corrected chi connectivity index (χ0v) is 6.92. The van der Waals surface area contributed by atoms with Gasteiger partial charge in [-0.25, -0.2) is 0 Å². The number of likely N-dealkylation sites (N-methyl/N-ethyl adjacent to an activating group) is 1. The van der Waals surface area contributed by atoms with Gasteiger partial charge in [-0.15, -0.1) is 0 Å². The summed E-state index contributed by atoms with van der Waals surface area (Å²) in [7, 11) is 1.92. The Morgan fingerprint density at radius 1 is 1.73 bits per heavy atom. The van der Waals surface area contributed by atoms with E-state index in [2.05, 4.69) is 5.32 Å². The maximum absolute atomic E-state index is 10.9. The minimum Gasteiger partial charge on any atom is -0.313 e. The Kier molecular flexibility index (Phi) is 2.60. The minimum absolute atomic E-state index is 0.149. The monoisotopic (exact) mass is 151 g/mol. The van der Waals surface area contributed by atoms with E-state index in [1.54, 1.807) is 6.92 Å². The predicted octanol–water partition coefficient (Wildman–Crippen LogP) is 1.05. The van der Waals surface area contributed by atoms with Crippen LogP contribution in [0.2, 0.25) is 0 Å². The molecule has 1 unspecified atom stereocenters. The number of carbonyl (C=O) groups excluding carboxylic acids is 1. The van der Waals surface area contributed by atoms with Gasteiger partial charge in [0.2, 0.25) is 0 Å². The van der Waals surface area contributed by atoms with Crippen molar-refractivity contribution in [3.8, 4) is 0 Å². The summed E-state index contributed by atoms with van der Waals surface area (Å²) in [5, 5.41) is 3.12. The van der Waals surface area contributed by atoms with Crippen LogP contribution in [0.15, 0.2) is 23.8 Å². The molecule has 1 aliphatic carbocycles. The molecule has 1 N–H and O–H groups in total. The molecule has 0 aromatic rings. The second-order valence-electron chi connectivity index (χ2n) is 2.71. The minimum atomic E-state index is 0.149. The highest BCUT2D eigenvalue weighted by molar-refractivity contribution is 5.96. The average molecular weight is 151 g/mol. The lowest BCUT2D eigenvalue weighted by Crippen LogP contribution is -2.23. The molecule has 0 aromatic carbocycles. The lowest BCUT2D eigenvalue weighted by atomic mass is 10.0. The maximum atomic E-state index is 10.9. The van der Waals surface area contributed by atoms with Gasteiger partial charge in [0.05, 0.1) is 0 Å². The molecule has 1 aliphatic rings. The molecule has 0 bridgehead atoms. The van der Waals surface area contributed by atoms with Crippen LogP contribution in [0.4, 0.5) is 0 Å². The number of ketones is 1. The Morgan fingerprint density at radius 3 is 2.82 bits per heavy atom. The van der Waals surface area contributed by atoms with Crippen LogP contribution in [0, 0.1) is 0 Å². The summed E-state index contributed by atoms with van der Waals surface area (Å²) < 4.78 is 0. The van der Waals surface area contributed by atoms with Crippen LogP contribution in [0.5, 0.6) is 0 Å². The van der Waals surface area contributed by atoms with Gasteiger partial charge in [-0.2, -0.15) is 0 Å². The van der Waals surface area contributed by atoms with E-state index in [0.29, 0.717) is 6.04 Å². The third-order valence-electron chi connectivity index (χ3n) is 1.88. The molecule has 0 heterocycles. The van der Waals surface area contributed by atoms with Crippen LogP contribution in [0.1, 0.15) is 13.3 Å². The molecule has 60 valence electrons. The Hall–Kier alpha value is -0.890. The van der Waals surface area contributed by atoms with Crippen molar-refractivity contribution in [2.75, 3.05) is 7.05 Å². The van der Waals surface area contributed by atoms with Crippen molar-refractivity contribution in [1.82, 2.24) is 5.32 Å². The van der Waals surface area contributed by atoms with Crippen LogP contribution in [-0.4, -0.2) is 18.9 Å². The molecule has 0 saturated carbocycles. The first-order valence-corrected chi connectivity index (χ1v) is 3.80. The molecule has 0 aromatic heterocycles. The van der Waals surface area contributed by atoms with E-state index in [1.165, 1.54) is 0 Å². The summed E-state index contributed by atoms with van der Waals surface area (Å²) in [6.07, 6.45) is 6.80. The lowest BCUT2D eigenvalue weighted by molar-refractivity contribution is -0.113. The summed E-state index contributed by atoms with van der Waals surface area (Å²) >= 11 is 0. The molecule has 2 nitrogen and oxygen atoms in total. The SMILES string of the molecule is CNC1C=CC(C(C)=O)=CC1. The molecule has 1 atom stereocenters. The predicted molar refractivity (Wildman–Crippen MR) is 45.4 cm³/mol. The summed E-state index contributed by atoms with van der Waals surface area (Å²) in [5.41, 5.74) is 0.830. The summed E-state index contributed by atoms with van der Waals surface area (Å²) in [4.78, 5) is 10.9. The van der Waals surface area contributed by atoms with Crippen molar-refractivity contribution in [1.29, 1.82) is 0 Å². The fraction of sp³-hybridized carbons (Fsp3) is 0.444. The Morgan fingerprint density at radius 2 is 2.45 bits per heavy atom. The molecule has 0 fully saturated rings. The number of rotatable bonds is 2. The first-order chi connectivity index (χ1) is 5.24. The van der Waals surface area contributed by atoms with Gasteiger partial charge in [0.1, 0.15) is 0 Å². The first-order valence-electron chi connectivity index (χ1n) is 3.80. The van der Waals surface area contributed by atoms with Gasteiger partial charge < -0.3 is 5.32 Å². The number of Topliss-reactive ketones (excluding diaryl/α,β-unsaturated/α-hetero) is 1. The van der Waals surface area contributed by atoms with Crippen LogP contribution in [-0.2, 0) is 4.79 Å². The summed E-state index contributed by atoms with van der Waals surface area (Å²) in [6, 6.07) is 0.401. The van der Waals surface area contributed by atoms with E-state index in [0.717, 1.165) is 12.0 Å². The van der Waals surface area contributed by atoms with Crippen molar-refractivity contribution < 1.29 is 4.79 Å². The highest BCUT2D eigenvalue weighted by Crippen LogP contribution is 2.10. The molecule has 11 heavy (non-hydrogen) atoms. The number of carbonyl (C=O) groups is 1. The Balaban J connectivity index is 2.60. The van der Waals surface area contributed by atoms with Gasteiger partial charge in [-0.05, 0) is 20.4 Å². The molecule has 2 heteroatoms. The second kappa shape index (κ2) is 3.49. The number of allylic oxidation sites excluding steroid dienone is 2. The molecule has 0 aliphatic heterocycles. The maximum Gasteiger partial charge on any atom is 0.159 e. The van der Waals surface area contributed by atoms with Crippen LogP contribution in [0.3, 0.4) is 0 Å². The van der Waals surface area contributed by atoms with Gasteiger partial charge in [-0.1, -0.05) is 18.2 Å². The normalized spacial score (nSPS) is 23.1. The fourth-order valence-corrected chi connectivity index (χ4v) is 1.10. The van der Waals surface area contributed by atoms with E-state index in [9.17, 15) is 4.79 Å². The number of hydrogen-bond acceptors (Lipinski definition) is 2. The molecule has 0 amide bonds. The highest BCUT2D eigenvalue weighted by Gasteiger charge is 2.07. The van der Waals surface area contributed by atoms with E-state index < -0.39 is 0 Å². The molecule has 0 spiro atoms. The standard InChI is InChI=1S/C9H13NO/c1-7(11)8-3-5-9(10-2)6-4-8/h3-5,9-10H,6H2,1-2H3. The molecule has 1 rings (SSSR count). The van der Waals surface area contributed by atoms with Crippen molar-refractivity contribution >= 4 is 5.78 Å². The third kappa shape index (κ3) is 2.02. The average Bonchev–Trinajstić information content (AvgIpc) is 2.05. The molecule has 0 radical (unpaired) electrons. The quantitative estimate of drug-likeness (QED) is 0.639. The zero-order valence-electron chi connectivity index (χ0n) is 6.92. The second-order valence-corrected chi connectivity index (χ2v) is 2.71. The lowest BCUT2D eigenvalue weighted by Gasteiger charge is -2.13. The van der Waals surface area contributed by atoms with Crippen LogP contribution >= 0.6 is 0 Å². The van der Waals surface area contributed by atoms with E-state index >= 15 is 0 Å². The fourth-order valence-electron chi connectivity index (χ4n) is 1.10. The van der Waals surface area contributed by atoms with Crippen molar-refractivity contribution in [3.63, 3.8) is 0 Å². The van der Waals surface area contributed by atoms with Crippen molar-refractivity contribution in [2.45, 2.75) is 19.4 Å². The van der Waals surface area contributed by atoms with Gasteiger partial charge in [0.25, 0.3) is 0 Å². The largest absolute Gasteiger partial charge is 0.313 e. The van der Waals surface area contributed by atoms with Gasteiger partial charge in [0, 0.05) is 11.6 Å². The number of hydrogen-bond donors (Lipinski definition) is 1. The van der Waals surface area contributed by atoms with Gasteiger partial charge in [0.15, 0.2) is 5.78 Å². The molecular formula is C9H13NO. The molecule has 0 saturated heterocycles. The summed E-state index contributed by atoms with van der Waals surface area (Å²) in [5.74, 6) is 0.149. The first kappa shape index (κ1) is 8.21. The zero-order chi connectivity index (χ0) is 8.27. The van der Waals surface area contributed by atoms with Crippen LogP contribution < -0.4 is 5.32 Å². The molecular weight excluding hydrogens is 138 g/mol. The third-order valence-corrected chi connectivity index (χ3v) is 1.88. The smallest absolute Gasteiger partial charge is 0.159 e. The van der Waals surface area contributed by atoms with Crippen LogP contribution in [0.25, 0.3) is 0 Å². The Labute approximate surface area is 67.0 Å². The van der Waals surface area contributed by atoms with Gasteiger partial charge in [-0.3, -0.25) is 4.79 Å². The van der Waals surface area contributed by atoms with E-state index in [-0.39, 0.29) is 5.78 Å². The Bertz CT molecular complexity index is 216. The topological polar surface area (TPSA) is 29.1 Å². The summed E-state index contributed by atoms with van der Waals surface area (Å²) in [6.45, 7) is 1.59.